The summed E-state index contributed by atoms with van der Waals surface area (Å²) in [5.74, 6) is 1.32. The Labute approximate surface area is 119 Å². The van der Waals surface area contributed by atoms with Gasteiger partial charge in [0.05, 0.1) is 0 Å². The number of hydrogen-bond donors (Lipinski definition) is 0. The number of rotatable bonds is 4. The van der Waals surface area contributed by atoms with Gasteiger partial charge in [-0.2, -0.15) is 0 Å². The maximum absolute atomic E-state index is 6.03. The highest BCUT2D eigenvalue weighted by Gasteiger charge is 2.18. The van der Waals surface area contributed by atoms with Crippen molar-refractivity contribution in [2.75, 3.05) is 43.5 Å². The molecule has 1 heterocycles. The minimum absolute atomic E-state index is 0.574. The summed E-state index contributed by atoms with van der Waals surface area (Å²) in [6.45, 7) is 7.65. The molecule has 1 aromatic carbocycles. The van der Waals surface area contributed by atoms with E-state index in [1.54, 1.807) is 0 Å². The van der Waals surface area contributed by atoms with Gasteiger partial charge in [-0.15, -0.1) is 11.6 Å². The van der Waals surface area contributed by atoms with E-state index in [0.29, 0.717) is 5.92 Å². The number of anilines is 1. The van der Waals surface area contributed by atoms with Crippen LogP contribution in [0.4, 0.5) is 5.69 Å². The first kappa shape index (κ1) is 14.0. The largest absolute Gasteiger partial charge is 0.369 e. The van der Waals surface area contributed by atoms with Gasteiger partial charge >= 0.3 is 0 Å². The molecule has 0 bridgehead atoms. The third kappa shape index (κ3) is 3.78. The highest BCUT2D eigenvalue weighted by atomic mass is 35.5. The molecule has 0 radical (unpaired) electrons. The molecule has 100 valence electrons. The van der Waals surface area contributed by atoms with Crippen LogP contribution < -0.4 is 4.90 Å². The molecule has 0 unspecified atom stereocenters. The summed E-state index contributed by atoms with van der Waals surface area (Å²) in [6, 6.07) is 8.10. The molecule has 0 aromatic heterocycles. The van der Waals surface area contributed by atoms with Gasteiger partial charge in [-0.05, 0) is 24.1 Å². The van der Waals surface area contributed by atoms with Gasteiger partial charge in [0, 0.05) is 49.3 Å². The topological polar surface area (TPSA) is 6.48 Å². The summed E-state index contributed by atoms with van der Waals surface area (Å²) in [7, 11) is 0. The second-order valence-electron chi connectivity index (χ2n) is 5.03. The van der Waals surface area contributed by atoms with Crippen molar-refractivity contribution in [3.63, 3.8) is 0 Å². The lowest BCUT2D eigenvalue weighted by molar-refractivity contribution is 0.232. The fourth-order valence-electron chi connectivity index (χ4n) is 2.35. The van der Waals surface area contributed by atoms with Gasteiger partial charge in [0.25, 0.3) is 0 Å². The van der Waals surface area contributed by atoms with Crippen LogP contribution >= 0.6 is 23.2 Å². The van der Waals surface area contributed by atoms with Crippen molar-refractivity contribution in [3.05, 3.63) is 29.3 Å². The van der Waals surface area contributed by atoms with Gasteiger partial charge < -0.3 is 4.90 Å². The molecule has 1 fully saturated rings. The van der Waals surface area contributed by atoms with Crippen LogP contribution in [-0.2, 0) is 0 Å². The number of nitrogens with zero attached hydrogens (tertiary/aromatic N) is 2. The molecule has 0 amide bonds. The fraction of sp³-hybridized carbons (Fsp3) is 0.571. The number of benzene rings is 1. The Kier molecular flexibility index (Phi) is 5.16. The smallest absolute Gasteiger partial charge is 0.0426 e. The molecule has 1 aliphatic heterocycles. The third-order valence-corrected chi connectivity index (χ3v) is 4.14. The van der Waals surface area contributed by atoms with Crippen LogP contribution in [0, 0.1) is 5.92 Å². The fourth-order valence-corrected chi connectivity index (χ4v) is 2.63. The van der Waals surface area contributed by atoms with Gasteiger partial charge in [0.15, 0.2) is 0 Å². The van der Waals surface area contributed by atoms with Crippen LogP contribution in [-0.4, -0.2) is 43.5 Å². The lowest BCUT2D eigenvalue weighted by Gasteiger charge is -2.37. The maximum atomic E-state index is 6.03. The highest BCUT2D eigenvalue weighted by Crippen LogP contribution is 2.21. The first-order valence-electron chi connectivity index (χ1n) is 6.48. The minimum Gasteiger partial charge on any atom is -0.369 e. The quantitative estimate of drug-likeness (QED) is 0.784. The monoisotopic (exact) mass is 286 g/mol. The minimum atomic E-state index is 0.574. The normalized spacial score (nSPS) is 18.9. The summed E-state index contributed by atoms with van der Waals surface area (Å²) in [5.41, 5.74) is 1.23. The van der Waals surface area contributed by atoms with E-state index in [2.05, 4.69) is 22.8 Å². The standard InChI is InChI=1S/C14H20Cl2N2/c1-12(10-15)11-17-5-7-18(8-6-17)14-4-2-3-13(16)9-14/h2-4,9,12H,5-8,10-11H2,1H3/t12-/m0/s1. The van der Waals surface area contributed by atoms with Crippen LogP contribution in [0.3, 0.4) is 0 Å². The highest BCUT2D eigenvalue weighted by molar-refractivity contribution is 6.30. The molecule has 4 heteroatoms. The van der Waals surface area contributed by atoms with Gasteiger partial charge in [-0.1, -0.05) is 24.6 Å². The molecule has 2 rings (SSSR count). The number of alkyl halides is 1. The van der Waals surface area contributed by atoms with Crippen molar-refractivity contribution < 1.29 is 0 Å². The Balaban J connectivity index is 1.87. The summed E-state index contributed by atoms with van der Waals surface area (Å²) >= 11 is 11.9. The molecule has 1 saturated heterocycles. The van der Waals surface area contributed by atoms with Crippen molar-refractivity contribution in [1.29, 1.82) is 0 Å². The number of hydrogen-bond acceptors (Lipinski definition) is 2. The van der Waals surface area contributed by atoms with E-state index in [0.717, 1.165) is 43.6 Å². The Hall–Kier alpha value is -0.440. The number of piperazine rings is 1. The van der Waals surface area contributed by atoms with Crippen molar-refractivity contribution in [3.8, 4) is 0 Å². The van der Waals surface area contributed by atoms with Crippen molar-refractivity contribution in [2.24, 2.45) is 5.92 Å². The van der Waals surface area contributed by atoms with Gasteiger partial charge in [-0.25, -0.2) is 0 Å². The van der Waals surface area contributed by atoms with E-state index in [9.17, 15) is 0 Å². The maximum Gasteiger partial charge on any atom is 0.0426 e. The van der Waals surface area contributed by atoms with E-state index in [4.69, 9.17) is 23.2 Å². The SMILES string of the molecule is C[C@@H](CCl)CN1CCN(c2cccc(Cl)c2)CC1. The predicted molar refractivity (Wildman–Crippen MR) is 80.0 cm³/mol. The van der Waals surface area contributed by atoms with E-state index in [-0.39, 0.29) is 0 Å². The first-order valence-corrected chi connectivity index (χ1v) is 7.39. The van der Waals surface area contributed by atoms with Gasteiger partial charge in [0.1, 0.15) is 0 Å². The number of halogens is 2. The average molecular weight is 287 g/mol. The van der Waals surface area contributed by atoms with E-state index in [1.807, 2.05) is 18.2 Å². The Morgan fingerprint density at radius 3 is 2.56 bits per heavy atom. The lowest BCUT2D eigenvalue weighted by Crippen LogP contribution is -2.47. The molecule has 1 aliphatic rings. The second kappa shape index (κ2) is 6.65. The second-order valence-corrected chi connectivity index (χ2v) is 5.77. The van der Waals surface area contributed by atoms with Crippen molar-refractivity contribution >= 4 is 28.9 Å². The van der Waals surface area contributed by atoms with Crippen molar-refractivity contribution in [2.45, 2.75) is 6.92 Å². The average Bonchev–Trinajstić information content (AvgIpc) is 2.39. The van der Waals surface area contributed by atoms with E-state index >= 15 is 0 Å². The van der Waals surface area contributed by atoms with Crippen molar-refractivity contribution in [1.82, 2.24) is 4.90 Å². The van der Waals surface area contributed by atoms with Crippen LogP contribution in [0.25, 0.3) is 0 Å². The molecule has 0 N–H and O–H groups in total. The third-order valence-electron chi connectivity index (χ3n) is 3.38. The summed E-state index contributed by atoms with van der Waals surface area (Å²) in [6.07, 6.45) is 0. The Morgan fingerprint density at radius 1 is 1.22 bits per heavy atom. The molecule has 18 heavy (non-hydrogen) atoms. The zero-order chi connectivity index (χ0) is 13.0. The predicted octanol–water partition coefficient (Wildman–Crippen LogP) is 3.34. The summed E-state index contributed by atoms with van der Waals surface area (Å²) < 4.78 is 0. The molecular formula is C14H20Cl2N2. The summed E-state index contributed by atoms with van der Waals surface area (Å²) in [4.78, 5) is 4.89. The van der Waals surface area contributed by atoms with Gasteiger partial charge in [0.2, 0.25) is 0 Å². The first-order chi connectivity index (χ1) is 8.69. The molecule has 2 nitrogen and oxygen atoms in total. The lowest BCUT2D eigenvalue weighted by atomic mass is 10.2. The Bertz CT molecular complexity index is 376. The van der Waals surface area contributed by atoms with Crippen LogP contribution in [0.15, 0.2) is 24.3 Å². The van der Waals surface area contributed by atoms with E-state index < -0.39 is 0 Å². The molecule has 1 aromatic rings. The van der Waals surface area contributed by atoms with Crippen LogP contribution in [0.2, 0.25) is 5.02 Å². The van der Waals surface area contributed by atoms with Gasteiger partial charge in [-0.3, -0.25) is 4.90 Å². The zero-order valence-corrected chi connectivity index (χ0v) is 12.3. The van der Waals surface area contributed by atoms with Crippen LogP contribution in [0.1, 0.15) is 6.92 Å². The van der Waals surface area contributed by atoms with Crippen LogP contribution in [0.5, 0.6) is 0 Å². The zero-order valence-electron chi connectivity index (χ0n) is 10.8. The summed E-state index contributed by atoms with van der Waals surface area (Å²) in [5, 5.41) is 0.811. The molecule has 1 atom stereocenters. The molecule has 0 aliphatic carbocycles. The Morgan fingerprint density at radius 2 is 1.94 bits per heavy atom. The van der Waals surface area contributed by atoms with E-state index in [1.165, 1.54) is 5.69 Å². The molecule has 0 spiro atoms. The molecule has 0 saturated carbocycles. The molecular weight excluding hydrogens is 267 g/mol.